The Hall–Kier alpha value is -2.10. The molecule has 0 atom stereocenters. The molecule has 1 N–H and O–H groups in total. The van der Waals surface area contributed by atoms with E-state index in [4.69, 9.17) is 4.74 Å². The van der Waals surface area contributed by atoms with Gasteiger partial charge in [-0.05, 0) is 24.3 Å². The molecule has 0 bridgehead atoms. The van der Waals surface area contributed by atoms with Crippen molar-refractivity contribution in [3.05, 3.63) is 52.7 Å². The second-order valence-electron chi connectivity index (χ2n) is 3.29. The molecule has 0 saturated carbocycles. The fraction of sp³-hybridized carbons (Fsp3) is 0.0833. The number of H-pyrrole nitrogens is 1. The fourth-order valence-corrected chi connectivity index (χ4v) is 1.43. The standard InChI is InChI=1S/C12H10FNO2/c1-16-9-3-4-11(13)10(6-9)8-2-5-12(15)14-7-8/h2-7H,1H3,(H,14,15). The summed E-state index contributed by atoms with van der Waals surface area (Å²) in [6.07, 6.45) is 1.47. The van der Waals surface area contributed by atoms with Gasteiger partial charge in [-0.15, -0.1) is 0 Å². The second kappa shape index (κ2) is 4.18. The highest BCUT2D eigenvalue weighted by Crippen LogP contribution is 2.25. The lowest BCUT2D eigenvalue weighted by atomic mass is 10.1. The predicted molar refractivity (Wildman–Crippen MR) is 59.0 cm³/mol. The fourth-order valence-electron chi connectivity index (χ4n) is 1.43. The van der Waals surface area contributed by atoms with Crippen molar-refractivity contribution in [1.29, 1.82) is 0 Å². The Morgan fingerprint density at radius 2 is 2.06 bits per heavy atom. The first-order valence-electron chi connectivity index (χ1n) is 4.73. The van der Waals surface area contributed by atoms with Crippen LogP contribution in [0.2, 0.25) is 0 Å². The second-order valence-corrected chi connectivity index (χ2v) is 3.29. The lowest BCUT2D eigenvalue weighted by Gasteiger charge is -2.05. The van der Waals surface area contributed by atoms with E-state index in [0.29, 0.717) is 16.9 Å². The average molecular weight is 219 g/mol. The predicted octanol–water partition coefficient (Wildman–Crippen LogP) is 2.19. The third kappa shape index (κ3) is 1.95. The molecular weight excluding hydrogens is 209 g/mol. The smallest absolute Gasteiger partial charge is 0.247 e. The molecule has 0 radical (unpaired) electrons. The largest absolute Gasteiger partial charge is 0.497 e. The van der Waals surface area contributed by atoms with Crippen LogP contribution in [0.1, 0.15) is 0 Å². The van der Waals surface area contributed by atoms with Crippen molar-refractivity contribution in [2.75, 3.05) is 7.11 Å². The first kappa shape index (κ1) is 10.4. The van der Waals surface area contributed by atoms with E-state index >= 15 is 0 Å². The van der Waals surface area contributed by atoms with Gasteiger partial charge < -0.3 is 9.72 Å². The highest BCUT2D eigenvalue weighted by molar-refractivity contribution is 5.64. The molecule has 1 aromatic heterocycles. The molecule has 4 heteroatoms. The third-order valence-electron chi connectivity index (χ3n) is 2.27. The minimum Gasteiger partial charge on any atom is -0.497 e. The van der Waals surface area contributed by atoms with Gasteiger partial charge in [0.25, 0.3) is 0 Å². The summed E-state index contributed by atoms with van der Waals surface area (Å²) in [5.41, 5.74) is 0.790. The summed E-state index contributed by atoms with van der Waals surface area (Å²) >= 11 is 0. The Morgan fingerprint density at radius 1 is 1.25 bits per heavy atom. The van der Waals surface area contributed by atoms with Crippen molar-refractivity contribution < 1.29 is 9.13 Å². The Balaban J connectivity index is 2.54. The number of nitrogens with one attached hydrogen (secondary N) is 1. The van der Waals surface area contributed by atoms with Crippen molar-refractivity contribution >= 4 is 0 Å². The molecule has 1 heterocycles. The van der Waals surface area contributed by atoms with Crippen LogP contribution < -0.4 is 10.3 Å². The van der Waals surface area contributed by atoms with Crippen LogP contribution >= 0.6 is 0 Å². The monoisotopic (exact) mass is 219 g/mol. The van der Waals surface area contributed by atoms with Crippen LogP contribution in [-0.2, 0) is 0 Å². The maximum absolute atomic E-state index is 13.5. The molecule has 0 fully saturated rings. The molecule has 82 valence electrons. The van der Waals surface area contributed by atoms with Gasteiger partial charge >= 0.3 is 0 Å². The molecule has 0 spiro atoms. The van der Waals surface area contributed by atoms with E-state index < -0.39 is 0 Å². The van der Waals surface area contributed by atoms with Crippen LogP contribution in [0.4, 0.5) is 4.39 Å². The molecule has 16 heavy (non-hydrogen) atoms. The lowest BCUT2D eigenvalue weighted by Crippen LogP contribution is -2.01. The molecule has 2 rings (SSSR count). The topological polar surface area (TPSA) is 42.1 Å². The number of hydrogen-bond acceptors (Lipinski definition) is 2. The zero-order valence-electron chi connectivity index (χ0n) is 8.66. The summed E-state index contributed by atoms with van der Waals surface area (Å²) in [7, 11) is 1.52. The van der Waals surface area contributed by atoms with Crippen LogP contribution in [0.5, 0.6) is 5.75 Å². The van der Waals surface area contributed by atoms with E-state index in [1.54, 1.807) is 18.2 Å². The molecule has 0 aliphatic heterocycles. The SMILES string of the molecule is COc1ccc(F)c(-c2ccc(=O)[nH]c2)c1. The summed E-state index contributed by atoms with van der Waals surface area (Å²) < 4.78 is 18.6. The summed E-state index contributed by atoms with van der Waals surface area (Å²) in [5, 5.41) is 0. The average Bonchev–Trinajstić information content (AvgIpc) is 2.31. The highest BCUT2D eigenvalue weighted by Gasteiger charge is 2.06. The van der Waals surface area contributed by atoms with E-state index in [0.717, 1.165) is 0 Å². The van der Waals surface area contributed by atoms with Gasteiger partial charge in [0, 0.05) is 23.4 Å². The minimum atomic E-state index is -0.354. The van der Waals surface area contributed by atoms with E-state index in [1.165, 1.54) is 25.4 Å². The van der Waals surface area contributed by atoms with Crippen LogP contribution in [0, 0.1) is 5.82 Å². The Morgan fingerprint density at radius 3 is 2.69 bits per heavy atom. The zero-order valence-corrected chi connectivity index (χ0v) is 8.66. The highest BCUT2D eigenvalue weighted by atomic mass is 19.1. The Bertz CT molecular complexity index is 543. The number of methoxy groups -OCH3 is 1. The van der Waals surface area contributed by atoms with Gasteiger partial charge in [0.05, 0.1) is 7.11 Å². The molecule has 0 amide bonds. The quantitative estimate of drug-likeness (QED) is 0.841. The number of hydrogen-bond donors (Lipinski definition) is 1. The first-order chi connectivity index (χ1) is 7.70. The van der Waals surface area contributed by atoms with E-state index in [1.807, 2.05) is 0 Å². The van der Waals surface area contributed by atoms with Gasteiger partial charge in [-0.2, -0.15) is 0 Å². The van der Waals surface area contributed by atoms with Crippen molar-refractivity contribution in [3.8, 4) is 16.9 Å². The maximum Gasteiger partial charge on any atom is 0.247 e. The zero-order chi connectivity index (χ0) is 11.5. The molecule has 2 aromatic rings. The van der Waals surface area contributed by atoms with Crippen LogP contribution in [-0.4, -0.2) is 12.1 Å². The molecule has 0 aliphatic carbocycles. The van der Waals surface area contributed by atoms with Gasteiger partial charge in [0.2, 0.25) is 5.56 Å². The van der Waals surface area contributed by atoms with Gasteiger partial charge in [-0.1, -0.05) is 0 Å². The van der Waals surface area contributed by atoms with Crippen molar-refractivity contribution in [1.82, 2.24) is 4.98 Å². The van der Waals surface area contributed by atoms with Gasteiger partial charge in [-0.3, -0.25) is 4.79 Å². The summed E-state index contributed by atoms with van der Waals surface area (Å²) in [6, 6.07) is 7.39. The van der Waals surface area contributed by atoms with E-state index in [2.05, 4.69) is 4.98 Å². The third-order valence-corrected chi connectivity index (χ3v) is 2.27. The molecule has 1 aromatic carbocycles. The summed E-state index contributed by atoms with van der Waals surface area (Å²) in [4.78, 5) is 13.4. The molecule has 0 aliphatic rings. The lowest BCUT2D eigenvalue weighted by molar-refractivity contribution is 0.414. The number of aromatic amines is 1. The van der Waals surface area contributed by atoms with Gasteiger partial charge in [0.15, 0.2) is 0 Å². The van der Waals surface area contributed by atoms with E-state index in [-0.39, 0.29) is 11.4 Å². The summed E-state index contributed by atoms with van der Waals surface area (Å²) in [5.74, 6) is 0.218. The van der Waals surface area contributed by atoms with Crippen LogP contribution in [0.15, 0.2) is 41.3 Å². The molecule has 3 nitrogen and oxygen atoms in total. The van der Waals surface area contributed by atoms with Crippen molar-refractivity contribution in [2.24, 2.45) is 0 Å². The van der Waals surface area contributed by atoms with Crippen molar-refractivity contribution in [3.63, 3.8) is 0 Å². The number of benzene rings is 1. The van der Waals surface area contributed by atoms with Gasteiger partial charge in [-0.25, -0.2) is 4.39 Å². The number of ether oxygens (including phenoxy) is 1. The molecule has 0 saturated heterocycles. The minimum absolute atomic E-state index is 0.216. The van der Waals surface area contributed by atoms with Gasteiger partial charge in [0.1, 0.15) is 11.6 Å². The van der Waals surface area contributed by atoms with Crippen LogP contribution in [0.3, 0.4) is 0 Å². The number of aromatic nitrogens is 1. The Kier molecular flexibility index (Phi) is 2.72. The van der Waals surface area contributed by atoms with Crippen LogP contribution in [0.25, 0.3) is 11.1 Å². The maximum atomic E-state index is 13.5. The molecule has 0 unspecified atom stereocenters. The normalized spacial score (nSPS) is 10.1. The Labute approximate surface area is 91.5 Å². The first-order valence-corrected chi connectivity index (χ1v) is 4.73. The number of pyridine rings is 1. The summed E-state index contributed by atoms with van der Waals surface area (Å²) in [6.45, 7) is 0. The number of rotatable bonds is 2. The molecular formula is C12H10FNO2. The van der Waals surface area contributed by atoms with Crippen molar-refractivity contribution in [2.45, 2.75) is 0 Å². The number of halogens is 1. The van der Waals surface area contributed by atoms with E-state index in [9.17, 15) is 9.18 Å².